The molecule has 0 spiro atoms. The molecule has 1 unspecified atom stereocenters. The number of carbonyl (C=O) groups is 1. The van der Waals surface area contributed by atoms with Gasteiger partial charge in [0, 0.05) is 49.9 Å². The van der Waals surface area contributed by atoms with E-state index in [4.69, 9.17) is 10.8 Å². The first-order valence-electron chi connectivity index (χ1n) is 7.06. The fourth-order valence-electron chi connectivity index (χ4n) is 2.54. The average molecular weight is 357 g/mol. The summed E-state index contributed by atoms with van der Waals surface area (Å²) in [6, 6.07) is 3.67. The third-order valence-electron chi connectivity index (χ3n) is 3.77. The Hall–Kier alpha value is -1.02. The SMILES string of the molecule is NC(=O)C(CN1CCN(CCO)CC1)c1cc(Br)ccn1. The van der Waals surface area contributed by atoms with Gasteiger partial charge in [0.25, 0.3) is 0 Å². The standard InChI is InChI=1S/C14H21BrN4O2/c15-11-1-2-17-13(9-11)12(14(16)21)10-19-5-3-18(4-6-19)7-8-20/h1-2,9,12,20H,3-8,10H2,(H2,16,21). The Kier molecular flexibility index (Phi) is 6.10. The first-order valence-corrected chi connectivity index (χ1v) is 7.86. The molecular weight excluding hydrogens is 336 g/mol. The number of piperazine rings is 1. The molecule has 3 N–H and O–H groups in total. The van der Waals surface area contributed by atoms with Crippen molar-refractivity contribution in [1.82, 2.24) is 14.8 Å². The highest BCUT2D eigenvalue weighted by atomic mass is 79.9. The lowest BCUT2D eigenvalue weighted by atomic mass is 10.0. The molecule has 1 atom stereocenters. The number of primary amides is 1. The molecule has 116 valence electrons. The second kappa shape index (κ2) is 7.84. The van der Waals surface area contributed by atoms with Crippen molar-refractivity contribution in [2.45, 2.75) is 5.92 Å². The van der Waals surface area contributed by atoms with Crippen molar-refractivity contribution in [2.24, 2.45) is 5.73 Å². The van der Waals surface area contributed by atoms with E-state index >= 15 is 0 Å². The molecule has 7 heteroatoms. The molecule has 1 saturated heterocycles. The van der Waals surface area contributed by atoms with E-state index in [0.717, 1.165) is 30.7 Å². The summed E-state index contributed by atoms with van der Waals surface area (Å²) in [5.74, 6) is -0.745. The number of hydrogen-bond donors (Lipinski definition) is 2. The maximum absolute atomic E-state index is 11.7. The number of hydrogen-bond acceptors (Lipinski definition) is 5. The fourth-order valence-corrected chi connectivity index (χ4v) is 2.89. The van der Waals surface area contributed by atoms with Crippen LogP contribution in [0.25, 0.3) is 0 Å². The Bertz CT molecular complexity index is 478. The van der Waals surface area contributed by atoms with Crippen LogP contribution in [0, 0.1) is 0 Å². The lowest BCUT2D eigenvalue weighted by Gasteiger charge is -2.35. The van der Waals surface area contributed by atoms with E-state index in [1.807, 2.05) is 12.1 Å². The van der Waals surface area contributed by atoms with E-state index in [0.29, 0.717) is 18.8 Å². The normalized spacial score (nSPS) is 18.6. The van der Waals surface area contributed by atoms with Gasteiger partial charge in [-0.05, 0) is 12.1 Å². The van der Waals surface area contributed by atoms with Crippen molar-refractivity contribution in [3.8, 4) is 0 Å². The van der Waals surface area contributed by atoms with E-state index < -0.39 is 5.92 Å². The van der Waals surface area contributed by atoms with Crippen LogP contribution in [0.4, 0.5) is 0 Å². The number of halogens is 1. The highest BCUT2D eigenvalue weighted by Crippen LogP contribution is 2.19. The monoisotopic (exact) mass is 356 g/mol. The summed E-state index contributed by atoms with van der Waals surface area (Å²) in [4.78, 5) is 20.5. The van der Waals surface area contributed by atoms with Crippen molar-refractivity contribution in [3.05, 3.63) is 28.5 Å². The van der Waals surface area contributed by atoms with Gasteiger partial charge < -0.3 is 10.8 Å². The predicted octanol–water partition coefficient (Wildman–Crippen LogP) is 0.0229. The number of rotatable bonds is 6. The zero-order valence-electron chi connectivity index (χ0n) is 11.9. The Morgan fingerprint density at radius 1 is 1.38 bits per heavy atom. The van der Waals surface area contributed by atoms with Gasteiger partial charge in [-0.1, -0.05) is 15.9 Å². The second-order valence-electron chi connectivity index (χ2n) is 5.22. The molecule has 1 fully saturated rings. The van der Waals surface area contributed by atoms with Crippen molar-refractivity contribution in [3.63, 3.8) is 0 Å². The number of β-amino-alcohol motifs (C(OH)–C–C–N with tert-alkyl or cyclic N) is 1. The molecule has 1 aliphatic heterocycles. The summed E-state index contributed by atoms with van der Waals surface area (Å²) in [5.41, 5.74) is 6.25. The topological polar surface area (TPSA) is 82.7 Å². The van der Waals surface area contributed by atoms with Gasteiger partial charge in [-0.15, -0.1) is 0 Å². The molecule has 21 heavy (non-hydrogen) atoms. The van der Waals surface area contributed by atoms with Gasteiger partial charge in [0.1, 0.15) is 0 Å². The lowest BCUT2D eigenvalue weighted by molar-refractivity contribution is -0.120. The molecule has 6 nitrogen and oxygen atoms in total. The summed E-state index contributed by atoms with van der Waals surface area (Å²) in [6.45, 7) is 5.03. The maximum Gasteiger partial charge on any atom is 0.227 e. The van der Waals surface area contributed by atoms with Crippen molar-refractivity contribution in [1.29, 1.82) is 0 Å². The molecule has 1 aliphatic rings. The summed E-state index contributed by atoms with van der Waals surface area (Å²) in [7, 11) is 0. The first kappa shape index (κ1) is 16.4. The van der Waals surface area contributed by atoms with Crippen LogP contribution in [0.15, 0.2) is 22.8 Å². The van der Waals surface area contributed by atoms with Crippen LogP contribution >= 0.6 is 15.9 Å². The zero-order chi connectivity index (χ0) is 15.2. The van der Waals surface area contributed by atoms with Gasteiger partial charge >= 0.3 is 0 Å². The molecule has 1 aromatic rings. The van der Waals surface area contributed by atoms with Gasteiger partial charge in [0.05, 0.1) is 18.2 Å². The minimum absolute atomic E-state index is 0.186. The molecule has 0 aliphatic carbocycles. The minimum Gasteiger partial charge on any atom is -0.395 e. The smallest absolute Gasteiger partial charge is 0.227 e. The van der Waals surface area contributed by atoms with Crippen LogP contribution in [0.3, 0.4) is 0 Å². The number of aromatic nitrogens is 1. The first-order chi connectivity index (χ1) is 10.1. The number of nitrogens with two attached hydrogens (primary N) is 1. The molecule has 2 heterocycles. The van der Waals surface area contributed by atoms with Crippen LogP contribution < -0.4 is 5.73 Å². The predicted molar refractivity (Wildman–Crippen MR) is 83.8 cm³/mol. The molecule has 0 saturated carbocycles. The van der Waals surface area contributed by atoms with Gasteiger partial charge in [-0.3, -0.25) is 19.6 Å². The van der Waals surface area contributed by atoms with E-state index in [2.05, 4.69) is 30.7 Å². The summed E-state index contributed by atoms with van der Waals surface area (Å²) in [5, 5.41) is 8.95. The number of amides is 1. The molecule has 1 amide bonds. The van der Waals surface area contributed by atoms with Crippen LogP contribution in [-0.2, 0) is 4.79 Å². The Morgan fingerprint density at radius 3 is 2.62 bits per heavy atom. The van der Waals surface area contributed by atoms with Crippen LogP contribution in [0.1, 0.15) is 11.6 Å². The highest BCUT2D eigenvalue weighted by molar-refractivity contribution is 9.10. The van der Waals surface area contributed by atoms with Crippen LogP contribution in [0.5, 0.6) is 0 Å². The third-order valence-corrected chi connectivity index (χ3v) is 4.26. The van der Waals surface area contributed by atoms with Crippen molar-refractivity contribution in [2.75, 3.05) is 45.9 Å². The highest BCUT2D eigenvalue weighted by Gasteiger charge is 2.25. The molecule has 0 radical (unpaired) electrons. The number of pyridine rings is 1. The Morgan fingerprint density at radius 2 is 2.05 bits per heavy atom. The Balaban J connectivity index is 1.97. The van der Waals surface area contributed by atoms with Crippen LogP contribution in [-0.4, -0.2) is 71.7 Å². The number of nitrogens with zero attached hydrogens (tertiary/aromatic N) is 3. The molecule has 0 aromatic carbocycles. The minimum atomic E-state index is -0.396. The number of carbonyl (C=O) groups excluding carboxylic acids is 1. The second-order valence-corrected chi connectivity index (χ2v) is 6.14. The van der Waals surface area contributed by atoms with E-state index in [-0.39, 0.29) is 12.5 Å². The van der Waals surface area contributed by atoms with E-state index in [1.54, 1.807) is 6.20 Å². The van der Waals surface area contributed by atoms with Gasteiger partial charge in [-0.2, -0.15) is 0 Å². The van der Waals surface area contributed by atoms with Gasteiger partial charge in [0.2, 0.25) is 5.91 Å². The molecule has 0 bridgehead atoms. The number of aliphatic hydroxyl groups is 1. The average Bonchev–Trinajstić information content (AvgIpc) is 2.46. The van der Waals surface area contributed by atoms with E-state index in [9.17, 15) is 4.79 Å². The molecule has 1 aromatic heterocycles. The largest absolute Gasteiger partial charge is 0.395 e. The molecule has 2 rings (SSSR count). The zero-order valence-corrected chi connectivity index (χ0v) is 13.5. The summed E-state index contributed by atoms with van der Waals surface area (Å²) in [6.07, 6.45) is 1.68. The fraction of sp³-hybridized carbons (Fsp3) is 0.571. The summed E-state index contributed by atoms with van der Waals surface area (Å²) < 4.78 is 0.895. The quantitative estimate of drug-likeness (QED) is 0.750. The molecular formula is C14H21BrN4O2. The van der Waals surface area contributed by atoms with Gasteiger partial charge in [0.15, 0.2) is 0 Å². The summed E-state index contributed by atoms with van der Waals surface area (Å²) >= 11 is 3.39. The van der Waals surface area contributed by atoms with Crippen molar-refractivity contribution >= 4 is 21.8 Å². The Labute approximate surface area is 133 Å². The lowest BCUT2D eigenvalue weighted by Crippen LogP contribution is -2.49. The number of aliphatic hydroxyl groups excluding tert-OH is 1. The van der Waals surface area contributed by atoms with Crippen molar-refractivity contribution < 1.29 is 9.90 Å². The van der Waals surface area contributed by atoms with E-state index in [1.165, 1.54) is 0 Å². The van der Waals surface area contributed by atoms with Gasteiger partial charge in [-0.25, -0.2) is 0 Å². The van der Waals surface area contributed by atoms with Crippen LogP contribution in [0.2, 0.25) is 0 Å². The third kappa shape index (κ3) is 4.74. The maximum atomic E-state index is 11.7.